The lowest BCUT2D eigenvalue weighted by atomic mass is 10.1. The SMILES string of the molecule is CC(NCC(=O)NCC(c1ccccc1)N(C)C)c1ccccc1Br. The minimum atomic E-state index is 0.00156. The lowest BCUT2D eigenvalue weighted by Crippen LogP contribution is -2.39. The van der Waals surface area contributed by atoms with Gasteiger partial charge in [-0.2, -0.15) is 0 Å². The summed E-state index contributed by atoms with van der Waals surface area (Å²) in [6.45, 7) is 2.93. The highest BCUT2D eigenvalue weighted by Crippen LogP contribution is 2.22. The second-order valence-electron chi connectivity index (χ2n) is 6.32. The van der Waals surface area contributed by atoms with Gasteiger partial charge >= 0.3 is 0 Å². The molecule has 0 radical (unpaired) electrons. The first-order chi connectivity index (χ1) is 12.0. The van der Waals surface area contributed by atoms with Crippen LogP contribution in [0.4, 0.5) is 0 Å². The van der Waals surface area contributed by atoms with Crippen LogP contribution in [0.1, 0.15) is 30.1 Å². The van der Waals surface area contributed by atoms with Crippen molar-refractivity contribution in [1.82, 2.24) is 15.5 Å². The highest BCUT2D eigenvalue weighted by Gasteiger charge is 2.15. The molecular formula is C20H26BrN3O. The number of hydrogen-bond acceptors (Lipinski definition) is 3. The summed E-state index contributed by atoms with van der Waals surface area (Å²) >= 11 is 3.55. The molecule has 0 fully saturated rings. The number of hydrogen-bond donors (Lipinski definition) is 2. The van der Waals surface area contributed by atoms with Gasteiger partial charge in [-0.15, -0.1) is 0 Å². The monoisotopic (exact) mass is 403 g/mol. The van der Waals surface area contributed by atoms with E-state index in [1.807, 2.05) is 50.5 Å². The van der Waals surface area contributed by atoms with E-state index in [9.17, 15) is 4.79 Å². The molecule has 2 unspecified atom stereocenters. The summed E-state index contributed by atoms with van der Waals surface area (Å²) in [4.78, 5) is 14.3. The van der Waals surface area contributed by atoms with Crippen LogP contribution in [0.2, 0.25) is 0 Å². The summed E-state index contributed by atoms with van der Waals surface area (Å²) in [6.07, 6.45) is 0. The standard InChI is InChI=1S/C20H26BrN3O/c1-15(17-11-7-8-12-18(17)21)22-14-20(25)23-13-19(24(2)3)16-9-5-4-6-10-16/h4-12,15,19,22H,13-14H2,1-3H3,(H,23,25). The number of amides is 1. The van der Waals surface area contributed by atoms with E-state index >= 15 is 0 Å². The molecule has 2 aromatic rings. The van der Waals surface area contributed by atoms with Crippen LogP contribution in [0.15, 0.2) is 59.1 Å². The molecule has 2 N–H and O–H groups in total. The highest BCUT2D eigenvalue weighted by molar-refractivity contribution is 9.10. The van der Waals surface area contributed by atoms with Crippen LogP contribution in [-0.4, -0.2) is 38.0 Å². The molecule has 4 nitrogen and oxygen atoms in total. The first-order valence-electron chi connectivity index (χ1n) is 8.45. The van der Waals surface area contributed by atoms with Gasteiger partial charge in [0.05, 0.1) is 12.6 Å². The van der Waals surface area contributed by atoms with E-state index in [0.29, 0.717) is 6.54 Å². The van der Waals surface area contributed by atoms with Gasteiger partial charge in [0, 0.05) is 17.1 Å². The Morgan fingerprint density at radius 1 is 1.08 bits per heavy atom. The number of likely N-dealkylation sites (N-methyl/N-ethyl adjacent to an activating group) is 1. The Balaban J connectivity index is 1.84. The molecule has 0 heterocycles. The van der Waals surface area contributed by atoms with Crippen LogP contribution >= 0.6 is 15.9 Å². The van der Waals surface area contributed by atoms with E-state index < -0.39 is 0 Å². The lowest BCUT2D eigenvalue weighted by molar-refractivity contribution is -0.120. The number of nitrogens with zero attached hydrogens (tertiary/aromatic N) is 1. The first-order valence-corrected chi connectivity index (χ1v) is 9.24. The number of benzene rings is 2. The molecule has 5 heteroatoms. The summed E-state index contributed by atoms with van der Waals surface area (Å²) in [6, 6.07) is 18.5. The molecule has 0 bridgehead atoms. The van der Waals surface area contributed by atoms with Crippen LogP contribution in [-0.2, 0) is 4.79 Å². The maximum atomic E-state index is 12.2. The van der Waals surface area contributed by atoms with Crippen molar-refractivity contribution in [2.45, 2.75) is 19.0 Å². The first kappa shape index (κ1) is 19.6. The van der Waals surface area contributed by atoms with E-state index in [0.717, 1.165) is 10.0 Å². The van der Waals surface area contributed by atoms with Gasteiger partial charge < -0.3 is 15.5 Å². The predicted octanol–water partition coefficient (Wildman–Crippen LogP) is 3.52. The van der Waals surface area contributed by atoms with Crippen molar-refractivity contribution >= 4 is 21.8 Å². The van der Waals surface area contributed by atoms with Crippen molar-refractivity contribution in [3.63, 3.8) is 0 Å². The molecule has 2 aromatic carbocycles. The molecule has 0 aliphatic heterocycles. The van der Waals surface area contributed by atoms with Crippen LogP contribution in [0.5, 0.6) is 0 Å². The number of halogens is 1. The molecule has 0 aliphatic carbocycles. The second-order valence-corrected chi connectivity index (χ2v) is 7.17. The number of carbonyl (C=O) groups excluding carboxylic acids is 1. The fourth-order valence-electron chi connectivity index (χ4n) is 2.73. The van der Waals surface area contributed by atoms with Crippen molar-refractivity contribution in [2.24, 2.45) is 0 Å². The van der Waals surface area contributed by atoms with Crippen LogP contribution < -0.4 is 10.6 Å². The molecule has 2 rings (SSSR count). The maximum Gasteiger partial charge on any atom is 0.234 e. The third-order valence-electron chi connectivity index (χ3n) is 4.24. The van der Waals surface area contributed by atoms with Gasteiger partial charge in [0.1, 0.15) is 0 Å². The number of nitrogens with one attached hydrogen (secondary N) is 2. The molecule has 0 saturated heterocycles. The molecule has 0 saturated carbocycles. The van der Waals surface area contributed by atoms with Gasteiger partial charge in [0.25, 0.3) is 0 Å². The lowest BCUT2D eigenvalue weighted by Gasteiger charge is -2.25. The summed E-state index contributed by atoms with van der Waals surface area (Å²) in [5, 5.41) is 6.31. The zero-order valence-corrected chi connectivity index (χ0v) is 16.6. The van der Waals surface area contributed by atoms with E-state index in [1.165, 1.54) is 5.56 Å². The third kappa shape index (κ3) is 5.96. The van der Waals surface area contributed by atoms with Crippen LogP contribution in [0.25, 0.3) is 0 Å². The van der Waals surface area contributed by atoms with Crippen molar-refractivity contribution in [3.05, 3.63) is 70.2 Å². The molecule has 0 aromatic heterocycles. The Hall–Kier alpha value is -1.69. The van der Waals surface area contributed by atoms with Crippen molar-refractivity contribution < 1.29 is 4.79 Å². The Morgan fingerprint density at radius 2 is 1.72 bits per heavy atom. The highest BCUT2D eigenvalue weighted by atomic mass is 79.9. The molecule has 25 heavy (non-hydrogen) atoms. The summed E-state index contributed by atoms with van der Waals surface area (Å²) in [5.74, 6) is 0.00156. The van der Waals surface area contributed by atoms with Crippen LogP contribution in [0, 0.1) is 0 Å². The zero-order chi connectivity index (χ0) is 18.2. The summed E-state index contributed by atoms with van der Waals surface area (Å²) in [5.41, 5.74) is 2.34. The zero-order valence-electron chi connectivity index (χ0n) is 15.0. The fourth-order valence-corrected chi connectivity index (χ4v) is 3.36. The fraction of sp³-hybridized carbons (Fsp3) is 0.350. The molecule has 134 valence electrons. The maximum absolute atomic E-state index is 12.2. The van der Waals surface area contributed by atoms with E-state index in [4.69, 9.17) is 0 Å². The normalized spacial score (nSPS) is 13.5. The van der Waals surface area contributed by atoms with E-state index in [2.05, 4.69) is 56.6 Å². The number of rotatable bonds is 8. The largest absolute Gasteiger partial charge is 0.353 e. The van der Waals surface area contributed by atoms with Crippen molar-refractivity contribution in [1.29, 1.82) is 0 Å². The third-order valence-corrected chi connectivity index (χ3v) is 4.96. The van der Waals surface area contributed by atoms with Crippen molar-refractivity contribution in [3.8, 4) is 0 Å². The average molecular weight is 404 g/mol. The van der Waals surface area contributed by atoms with E-state index in [-0.39, 0.29) is 24.5 Å². The molecular weight excluding hydrogens is 378 g/mol. The Bertz CT molecular complexity index is 676. The molecule has 2 atom stereocenters. The Morgan fingerprint density at radius 3 is 2.36 bits per heavy atom. The van der Waals surface area contributed by atoms with Crippen LogP contribution in [0.3, 0.4) is 0 Å². The minimum Gasteiger partial charge on any atom is -0.353 e. The summed E-state index contributed by atoms with van der Waals surface area (Å²) in [7, 11) is 4.05. The molecule has 1 amide bonds. The van der Waals surface area contributed by atoms with Gasteiger partial charge in [-0.3, -0.25) is 4.79 Å². The molecule has 0 spiro atoms. The average Bonchev–Trinajstić information content (AvgIpc) is 2.61. The topological polar surface area (TPSA) is 44.4 Å². The minimum absolute atomic E-state index is 0.00156. The van der Waals surface area contributed by atoms with E-state index in [1.54, 1.807) is 0 Å². The van der Waals surface area contributed by atoms with Gasteiger partial charge in [0.2, 0.25) is 5.91 Å². The van der Waals surface area contributed by atoms with Gasteiger partial charge in [-0.05, 0) is 38.2 Å². The van der Waals surface area contributed by atoms with Gasteiger partial charge in [-0.1, -0.05) is 64.5 Å². The Labute approximate surface area is 158 Å². The van der Waals surface area contributed by atoms with Gasteiger partial charge in [-0.25, -0.2) is 0 Å². The van der Waals surface area contributed by atoms with Crippen molar-refractivity contribution in [2.75, 3.05) is 27.2 Å². The molecule has 0 aliphatic rings. The summed E-state index contributed by atoms with van der Waals surface area (Å²) < 4.78 is 1.05. The quantitative estimate of drug-likeness (QED) is 0.708. The predicted molar refractivity (Wildman–Crippen MR) is 106 cm³/mol. The second kappa shape index (κ2) is 9.70. The number of carbonyl (C=O) groups is 1. The van der Waals surface area contributed by atoms with Gasteiger partial charge in [0.15, 0.2) is 0 Å². The smallest absolute Gasteiger partial charge is 0.234 e. The Kier molecular flexibility index (Phi) is 7.62.